The molecule has 0 saturated carbocycles. The maximum Gasteiger partial charge on any atom is 0.224 e. The van der Waals surface area contributed by atoms with E-state index in [9.17, 15) is 0 Å². The van der Waals surface area contributed by atoms with Gasteiger partial charge in [-0.1, -0.05) is 11.6 Å². The Morgan fingerprint density at radius 1 is 1.47 bits per heavy atom. The number of hydrogen-bond acceptors (Lipinski definition) is 6. The number of aromatic nitrogens is 5. The fraction of sp³-hybridized carbons (Fsp3) is 0.333. The molecule has 3 heterocycles. The van der Waals surface area contributed by atoms with E-state index in [2.05, 4.69) is 20.4 Å². The van der Waals surface area contributed by atoms with E-state index < -0.39 is 0 Å². The number of halogens is 1. The third-order valence-corrected chi connectivity index (χ3v) is 2.74. The summed E-state index contributed by atoms with van der Waals surface area (Å²) in [5, 5.41) is 12.5. The molecule has 2 aromatic rings. The number of nitrogens with zero attached hydrogens (tertiary/aromatic N) is 5. The molecule has 0 aromatic carbocycles. The van der Waals surface area contributed by atoms with Crippen LogP contribution in [-0.4, -0.2) is 38.4 Å². The maximum absolute atomic E-state index is 6.02. The number of nitrogen functional groups attached to an aromatic ring is 1. The molecule has 0 amide bonds. The van der Waals surface area contributed by atoms with Crippen LogP contribution in [0.1, 0.15) is 6.04 Å². The van der Waals surface area contributed by atoms with Crippen LogP contribution in [-0.2, 0) is 4.74 Å². The molecule has 1 fully saturated rings. The van der Waals surface area contributed by atoms with Crippen molar-refractivity contribution in [3.8, 4) is 11.5 Å². The normalized spacial score (nSPS) is 15.8. The van der Waals surface area contributed by atoms with Gasteiger partial charge in [0, 0.05) is 0 Å². The Labute approximate surface area is 102 Å². The van der Waals surface area contributed by atoms with Crippen LogP contribution in [0.4, 0.5) is 5.69 Å². The van der Waals surface area contributed by atoms with Crippen molar-refractivity contribution in [1.82, 2.24) is 25.2 Å². The lowest BCUT2D eigenvalue weighted by Gasteiger charge is -2.23. The molecule has 2 aromatic heterocycles. The highest BCUT2D eigenvalue weighted by molar-refractivity contribution is 6.33. The van der Waals surface area contributed by atoms with Gasteiger partial charge in [-0.3, -0.25) is 0 Å². The average Bonchev–Trinajstić information content (AvgIpc) is 2.64. The number of hydrogen-bond donors (Lipinski definition) is 1. The van der Waals surface area contributed by atoms with Crippen molar-refractivity contribution >= 4 is 17.3 Å². The molecule has 2 N–H and O–H groups in total. The number of pyridine rings is 1. The average molecular weight is 253 g/mol. The molecule has 8 heteroatoms. The molecule has 88 valence electrons. The molecule has 0 aliphatic carbocycles. The van der Waals surface area contributed by atoms with E-state index in [0.29, 0.717) is 35.4 Å². The quantitative estimate of drug-likeness (QED) is 0.839. The molecule has 7 nitrogen and oxygen atoms in total. The highest BCUT2D eigenvalue weighted by atomic mass is 35.5. The molecule has 0 bridgehead atoms. The Hall–Kier alpha value is -1.73. The van der Waals surface area contributed by atoms with Crippen molar-refractivity contribution in [2.75, 3.05) is 18.9 Å². The fourth-order valence-electron chi connectivity index (χ4n) is 1.45. The molecular formula is C9H9ClN6O. The third kappa shape index (κ3) is 1.83. The van der Waals surface area contributed by atoms with Crippen LogP contribution in [0.5, 0.6) is 0 Å². The van der Waals surface area contributed by atoms with Gasteiger partial charge < -0.3 is 10.5 Å². The third-order valence-electron chi connectivity index (χ3n) is 2.45. The van der Waals surface area contributed by atoms with Crippen molar-refractivity contribution in [2.24, 2.45) is 0 Å². The van der Waals surface area contributed by atoms with Crippen LogP contribution in [0.3, 0.4) is 0 Å². The van der Waals surface area contributed by atoms with E-state index in [0.717, 1.165) is 0 Å². The van der Waals surface area contributed by atoms with Crippen molar-refractivity contribution in [3.63, 3.8) is 0 Å². The molecule has 0 atom stereocenters. The Morgan fingerprint density at radius 3 is 2.94 bits per heavy atom. The summed E-state index contributed by atoms with van der Waals surface area (Å²) in [6, 6.07) is 1.76. The fourth-order valence-corrected chi connectivity index (χ4v) is 1.71. The van der Waals surface area contributed by atoms with Gasteiger partial charge in [0.1, 0.15) is 11.7 Å². The van der Waals surface area contributed by atoms with Gasteiger partial charge in [-0.15, -0.1) is 10.2 Å². The van der Waals surface area contributed by atoms with E-state index in [1.165, 1.54) is 11.0 Å². The van der Waals surface area contributed by atoms with Gasteiger partial charge in [0.05, 0.1) is 30.1 Å². The number of anilines is 1. The highest BCUT2D eigenvalue weighted by Crippen LogP contribution is 2.24. The van der Waals surface area contributed by atoms with Gasteiger partial charge in [-0.25, -0.2) is 4.98 Å². The minimum atomic E-state index is 0.156. The molecule has 0 unspecified atom stereocenters. The monoisotopic (exact) mass is 252 g/mol. The topological polar surface area (TPSA) is 91.7 Å². The van der Waals surface area contributed by atoms with Crippen LogP contribution in [0.2, 0.25) is 5.02 Å². The first-order chi connectivity index (χ1) is 8.24. The maximum atomic E-state index is 6.02. The molecule has 1 saturated heterocycles. The predicted molar refractivity (Wildman–Crippen MR) is 60.3 cm³/mol. The number of ether oxygens (including phenoxy) is 1. The first kappa shape index (κ1) is 10.4. The van der Waals surface area contributed by atoms with Gasteiger partial charge in [0.25, 0.3) is 0 Å². The Kier molecular flexibility index (Phi) is 2.41. The summed E-state index contributed by atoms with van der Waals surface area (Å²) >= 11 is 6.02. The van der Waals surface area contributed by atoms with Crippen LogP contribution < -0.4 is 5.73 Å². The van der Waals surface area contributed by atoms with Crippen molar-refractivity contribution in [2.45, 2.75) is 6.04 Å². The van der Waals surface area contributed by atoms with Crippen LogP contribution in [0.25, 0.3) is 11.5 Å². The smallest absolute Gasteiger partial charge is 0.224 e. The van der Waals surface area contributed by atoms with E-state index >= 15 is 0 Å². The zero-order valence-corrected chi connectivity index (χ0v) is 9.50. The highest BCUT2D eigenvalue weighted by Gasteiger charge is 2.24. The lowest BCUT2D eigenvalue weighted by Crippen LogP contribution is -2.32. The van der Waals surface area contributed by atoms with Gasteiger partial charge in [-0.05, 0) is 11.3 Å². The van der Waals surface area contributed by atoms with Crippen LogP contribution in [0, 0.1) is 0 Å². The SMILES string of the molecule is Nc1cnc(-c2nnn(C3COC3)n2)c(Cl)c1. The Bertz CT molecular complexity index is 552. The van der Waals surface area contributed by atoms with E-state index in [4.69, 9.17) is 22.1 Å². The van der Waals surface area contributed by atoms with Crippen molar-refractivity contribution in [3.05, 3.63) is 17.3 Å². The lowest BCUT2D eigenvalue weighted by atomic mass is 10.3. The van der Waals surface area contributed by atoms with E-state index in [1.54, 1.807) is 6.07 Å². The minimum absolute atomic E-state index is 0.156. The second-order valence-electron chi connectivity index (χ2n) is 3.72. The van der Waals surface area contributed by atoms with E-state index in [1.807, 2.05) is 0 Å². The van der Waals surface area contributed by atoms with Gasteiger partial charge in [0.15, 0.2) is 0 Å². The van der Waals surface area contributed by atoms with Crippen LogP contribution >= 0.6 is 11.6 Å². The molecule has 17 heavy (non-hydrogen) atoms. The predicted octanol–water partition coefficient (Wildman–Crippen LogP) is 0.542. The van der Waals surface area contributed by atoms with Gasteiger partial charge >= 0.3 is 0 Å². The zero-order chi connectivity index (χ0) is 11.8. The van der Waals surface area contributed by atoms with Gasteiger partial charge in [-0.2, -0.15) is 4.80 Å². The molecule has 1 aliphatic heterocycles. The lowest BCUT2D eigenvalue weighted by molar-refractivity contribution is -0.0354. The zero-order valence-electron chi connectivity index (χ0n) is 8.75. The first-order valence-electron chi connectivity index (χ1n) is 5.02. The van der Waals surface area contributed by atoms with Gasteiger partial charge in [0.2, 0.25) is 5.82 Å². The second-order valence-corrected chi connectivity index (χ2v) is 4.13. The van der Waals surface area contributed by atoms with Crippen molar-refractivity contribution < 1.29 is 4.74 Å². The summed E-state index contributed by atoms with van der Waals surface area (Å²) in [5.74, 6) is 0.391. The minimum Gasteiger partial charge on any atom is -0.397 e. The number of rotatable bonds is 2. The summed E-state index contributed by atoms with van der Waals surface area (Å²) in [7, 11) is 0. The van der Waals surface area contributed by atoms with Crippen LogP contribution in [0.15, 0.2) is 12.3 Å². The summed E-state index contributed by atoms with van der Waals surface area (Å²) in [5.41, 5.74) is 6.54. The summed E-state index contributed by atoms with van der Waals surface area (Å²) in [6.07, 6.45) is 1.51. The Balaban J connectivity index is 1.94. The number of nitrogens with two attached hydrogens (primary N) is 1. The first-order valence-corrected chi connectivity index (χ1v) is 5.40. The molecule has 0 radical (unpaired) electrons. The Morgan fingerprint density at radius 2 is 2.29 bits per heavy atom. The molecule has 0 spiro atoms. The summed E-state index contributed by atoms with van der Waals surface area (Å²) < 4.78 is 5.06. The molecule has 3 rings (SSSR count). The molecule has 1 aliphatic rings. The largest absolute Gasteiger partial charge is 0.397 e. The van der Waals surface area contributed by atoms with E-state index in [-0.39, 0.29) is 6.04 Å². The summed E-state index contributed by atoms with van der Waals surface area (Å²) in [4.78, 5) is 5.62. The summed E-state index contributed by atoms with van der Waals surface area (Å²) in [6.45, 7) is 1.22. The van der Waals surface area contributed by atoms with Crippen molar-refractivity contribution in [1.29, 1.82) is 0 Å². The standard InChI is InChI=1S/C9H9ClN6O/c10-7-1-5(11)2-12-8(7)9-13-15-16(14-9)6-3-17-4-6/h1-2,6H,3-4,11H2. The number of tetrazole rings is 1. The molecular weight excluding hydrogens is 244 g/mol. The second kappa shape index (κ2) is 3.94.